The molecule has 4 heteroatoms. The van der Waals surface area contributed by atoms with E-state index in [1.807, 2.05) is 12.1 Å². The number of benzene rings is 2. The number of quaternary nitrogens is 1. The second-order valence-electron chi connectivity index (χ2n) is 5.54. The molecule has 2 aromatic carbocycles. The smallest absolute Gasteiger partial charge is 0.169 e. The second kappa shape index (κ2) is 7.20. The first-order chi connectivity index (χ1) is 11.3. The molecule has 3 rings (SSSR count). The molecule has 0 radical (unpaired) electrons. The van der Waals surface area contributed by atoms with Crippen LogP contribution in [0.2, 0.25) is 0 Å². The van der Waals surface area contributed by atoms with Gasteiger partial charge in [0.25, 0.3) is 0 Å². The normalized spacial score (nSPS) is 10.9. The first-order valence-electron chi connectivity index (χ1n) is 7.90. The minimum absolute atomic E-state index is 0.787. The van der Waals surface area contributed by atoms with E-state index in [9.17, 15) is 0 Å². The Morgan fingerprint density at radius 3 is 2.65 bits per heavy atom. The number of nitrogens with two attached hydrogens (primary N) is 1. The van der Waals surface area contributed by atoms with Gasteiger partial charge in [-0.2, -0.15) is 0 Å². The molecule has 0 saturated heterocycles. The fraction of sp³-hybridized carbons (Fsp3) is 0.263. The van der Waals surface area contributed by atoms with Crippen LogP contribution in [0.3, 0.4) is 0 Å². The van der Waals surface area contributed by atoms with Crippen molar-refractivity contribution in [1.82, 2.24) is 4.98 Å². The topological polar surface area (TPSA) is 50.9 Å². The Labute approximate surface area is 136 Å². The summed E-state index contributed by atoms with van der Waals surface area (Å²) in [4.78, 5) is 3.33. The van der Waals surface area contributed by atoms with Crippen molar-refractivity contribution in [2.75, 3.05) is 20.8 Å². The molecule has 1 heterocycles. The van der Waals surface area contributed by atoms with Gasteiger partial charge in [-0.15, -0.1) is 0 Å². The van der Waals surface area contributed by atoms with Crippen LogP contribution >= 0.6 is 0 Å². The van der Waals surface area contributed by atoms with Gasteiger partial charge in [0.15, 0.2) is 11.5 Å². The molecular formula is C19H23N2O2+. The predicted octanol–water partition coefficient (Wildman–Crippen LogP) is 2.49. The summed E-state index contributed by atoms with van der Waals surface area (Å²) in [5.41, 5.74) is 3.73. The maximum Gasteiger partial charge on any atom is 0.169 e. The zero-order chi connectivity index (χ0) is 16.1. The first kappa shape index (κ1) is 15.4. The van der Waals surface area contributed by atoms with Crippen molar-refractivity contribution in [3.63, 3.8) is 0 Å². The summed E-state index contributed by atoms with van der Waals surface area (Å²) in [6.45, 7) is 1.91. The van der Waals surface area contributed by atoms with Crippen LogP contribution in [0, 0.1) is 0 Å². The van der Waals surface area contributed by atoms with E-state index in [1.165, 1.54) is 16.5 Å². The number of fused-ring (bicyclic) bond motifs is 1. The first-order valence-corrected chi connectivity index (χ1v) is 7.90. The monoisotopic (exact) mass is 311 g/mol. The van der Waals surface area contributed by atoms with Crippen molar-refractivity contribution >= 4 is 10.9 Å². The lowest BCUT2D eigenvalue weighted by Gasteiger charge is -2.11. The van der Waals surface area contributed by atoms with Crippen molar-refractivity contribution < 1.29 is 14.8 Å². The Balaban J connectivity index is 1.60. The van der Waals surface area contributed by atoms with Crippen LogP contribution in [-0.4, -0.2) is 25.7 Å². The van der Waals surface area contributed by atoms with E-state index in [1.54, 1.807) is 14.2 Å². The Morgan fingerprint density at radius 2 is 1.83 bits per heavy atom. The molecule has 3 aromatic rings. The van der Waals surface area contributed by atoms with Crippen molar-refractivity contribution in [2.45, 2.75) is 13.0 Å². The number of H-pyrrole nitrogens is 1. The molecule has 0 fully saturated rings. The second-order valence-corrected chi connectivity index (χ2v) is 5.54. The minimum Gasteiger partial charge on any atom is -0.493 e. The van der Waals surface area contributed by atoms with Gasteiger partial charge in [-0.1, -0.05) is 24.3 Å². The summed E-state index contributed by atoms with van der Waals surface area (Å²) in [6.07, 6.45) is 3.15. The van der Waals surface area contributed by atoms with Gasteiger partial charge in [0.2, 0.25) is 0 Å². The third-order valence-electron chi connectivity index (χ3n) is 4.14. The predicted molar refractivity (Wildman–Crippen MR) is 92.0 cm³/mol. The lowest BCUT2D eigenvalue weighted by molar-refractivity contribution is -0.670. The molecule has 0 saturated carbocycles. The van der Waals surface area contributed by atoms with E-state index < -0.39 is 0 Å². The molecule has 0 aliphatic heterocycles. The molecule has 4 nitrogen and oxygen atoms in total. The van der Waals surface area contributed by atoms with Gasteiger partial charge in [-0.05, 0) is 23.8 Å². The van der Waals surface area contributed by atoms with Crippen molar-refractivity contribution in [2.24, 2.45) is 0 Å². The molecule has 3 N–H and O–H groups in total. The fourth-order valence-corrected chi connectivity index (χ4v) is 2.97. The van der Waals surface area contributed by atoms with Gasteiger partial charge in [-0.25, -0.2) is 0 Å². The average Bonchev–Trinajstić information content (AvgIpc) is 3.01. The van der Waals surface area contributed by atoms with Crippen LogP contribution in [-0.2, 0) is 13.0 Å². The molecule has 0 spiro atoms. The fourth-order valence-electron chi connectivity index (χ4n) is 2.97. The maximum absolute atomic E-state index is 5.48. The zero-order valence-corrected chi connectivity index (χ0v) is 13.6. The summed E-state index contributed by atoms with van der Waals surface area (Å²) in [5, 5.41) is 3.62. The van der Waals surface area contributed by atoms with Crippen LogP contribution in [0.5, 0.6) is 11.5 Å². The number of para-hydroxylation sites is 2. The molecule has 1 aromatic heterocycles. The highest BCUT2D eigenvalue weighted by atomic mass is 16.5. The van der Waals surface area contributed by atoms with Crippen molar-refractivity contribution in [3.05, 3.63) is 59.8 Å². The quantitative estimate of drug-likeness (QED) is 0.659. The van der Waals surface area contributed by atoms with E-state index in [0.29, 0.717) is 0 Å². The van der Waals surface area contributed by atoms with E-state index >= 15 is 0 Å². The van der Waals surface area contributed by atoms with E-state index in [-0.39, 0.29) is 0 Å². The number of hydrogen-bond acceptors (Lipinski definition) is 2. The molecule has 0 aliphatic rings. The average molecular weight is 311 g/mol. The Hall–Kier alpha value is -2.46. The van der Waals surface area contributed by atoms with Crippen LogP contribution in [0.1, 0.15) is 11.1 Å². The van der Waals surface area contributed by atoms with Gasteiger partial charge in [-0.3, -0.25) is 0 Å². The van der Waals surface area contributed by atoms with Crippen LogP contribution in [0.4, 0.5) is 0 Å². The molecule has 0 atom stereocenters. The van der Waals surface area contributed by atoms with E-state index in [2.05, 4.69) is 46.8 Å². The van der Waals surface area contributed by atoms with Gasteiger partial charge in [0.05, 0.1) is 26.3 Å². The zero-order valence-electron chi connectivity index (χ0n) is 13.6. The highest BCUT2D eigenvalue weighted by Crippen LogP contribution is 2.29. The van der Waals surface area contributed by atoms with Gasteiger partial charge in [0, 0.05) is 23.5 Å². The van der Waals surface area contributed by atoms with Crippen molar-refractivity contribution in [3.8, 4) is 11.5 Å². The largest absolute Gasteiger partial charge is 0.493 e. The third-order valence-corrected chi connectivity index (χ3v) is 4.14. The number of hydrogen-bond donors (Lipinski definition) is 2. The number of methoxy groups -OCH3 is 2. The molecule has 0 unspecified atom stereocenters. The summed E-state index contributed by atoms with van der Waals surface area (Å²) in [7, 11) is 3.36. The lowest BCUT2D eigenvalue weighted by Crippen LogP contribution is -2.83. The Morgan fingerprint density at radius 1 is 0.957 bits per heavy atom. The molecule has 23 heavy (non-hydrogen) atoms. The standard InChI is InChI=1S/C19H22N2O2/c1-22-18-9-5-6-15(19(18)23-2)12-20-11-10-14-13-21-17-8-4-3-7-16(14)17/h3-9,13,20-21H,10-12H2,1-2H3/p+1. The summed E-state index contributed by atoms with van der Waals surface area (Å²) < 4.78 is 10.8. The number of ether oxygens (including phenoxy) is 2. The molecular weight excluding hydrogens is 288 g/mol. The minimum atomic E-state index is 0.787. The lowest BCUT2D eigenvalue weighted by atomic mass is 10.1. The van der Waals surface area contributed by atoms with Gasteiger partial charge < -0.3 is 19.8 Å². The van der Waals surface area contributed by atoms with Gasteiger partial charge >= 0.3 is 0 Å². The van der Waals surface area contributed by atoms with Crippen molar-refractivity contribution in [1.29, 1.82) is 0 Å². The van der Waals surface area contributed by atoms with E-state index in [4.69, 9.17) is 9.47 Å². The van der Waals surface area contributed by atoms with Crippen LogP contribution < -0.4 is 14.8 Å². The van der Waals surface area contributed by atoms with Crippen LogP contribution in [0.25, 0.3) is 10.9 Å². The summed E-state index contributed by atoms with van der Waals surface area (Å²) >= 11 is 0. The number of rotatable bonds is 7. The SMILES string of the molecule is COc1cccc(C[NH2+]CCc2c[nH]c3ccccc23)c1OC. The molecule has 0 aliphatic carbocycles. The highest BCUT2D eigenvalue weighted by molar-refractivity contribution is 5.82. The maximum atomic E-state index is 5.48. The molecule has 120 valence electrons. The van der Waals surface area contributed by atoms with Crippen LogP contribution in [0.15, 0.2) is 48.7 Å². The number of nitrogens with one attached hydrogen (secondary N) is 1. The highest BCUT2D eigenvalue weighted by Gasteiger charge is 2.10. The Bertz CT molecular complexity index is 780. The Kier molecular flexibility index (Phi) is 4.83. The molecule has 0 amide bonds. The number of aromatic amines is 1. The van der Waals surface area contributed by atoms with Gasteiger partial charge in [0.1, 0.15) is 6.54 Å². The summed E-state index contributed by atoms with van der Waals surface area (Å²) in [5.74, 6) is 1.62. The molecule has 0 bridgehead atoms. The van der Waals surface area contributed by atoms with E-state index in [0.717, 1.165) is 36.6 Å². The third kappa shape index (κ3) is 3.32. The summed E-state index contributed by atoms with van der Waals surface area (Å²) in [6, 6.07) is 14.5. The number of aromatic nitrogens is 1.